The summed E-state index contributed by atoms with van der Waals surface area (Å²) in [4.78, 5) is 26.2. The van der Waals surface area contributed by atoms with E-state index in [4.69, 9.17) is 0 Å². The Labute approximate surface area is 139 Å². The Morgan fingerprint density at radius 2 is 2.04 bits per heavy atom. The molecule has 0 unspecified atom stereocenters. The number of anilines is 1. The van der Waals surface area contributed by atoms with Crippen molar-refractivity contribution in [3.05, 3.63) is 40.8 Å². The highest BCUT2D eigenvalue weighted by Crippen LogP contribution is 2.24. The number of rotatable bonds is 7. The van der Waals surface area contributed by atoms with Crippen LogP contribution in [0.3, 0.4) is 0 Å². The van der Waals surface area contributed by atoms with Gasteiger partial charge in [0.1, 0.15) is 0 Å². The summed E-state index contributed by atoms with van der Waals surface area (Å²) in [6, 6.07) is 9.58. The molecule has 1 atom stereocenters. The third kappa shape index (κ3) is 4.04. The molecule has 2 aromatic rings. The number of hydrogen-bond acceptors (Lipinski definition) is 4. The number of aromatic nitrogens is 3. The summed E-state index contributed by atoms with van der Waals surface area (Å²) in [5, 5.41) is 6.71. The molecule has 0 aliphatic heterocycles. The Morgan fingerprint density at radius 3 is 2.65 bits per heavy atom. The number of amides is 1. The smallest absolute Gasteiger partial charge is 0.312 e. The lowest BCUT2D eigenvalue weighted by Crippen LogP contribution is -2.36. The lowest BCUT2D eigenvalue weighted by atomic mass is 10.2. The maximum Gasteiger partial charge on any atom is 0.343 e. The molecule has 0 spiro atoms. The second-order valence-corrected chi connectivity index (χ2v) is 6.45. The second-order valence-electron chi connectivity index (χ2n) is 5.14. The Balaban J connectivity index is 2.15. The van der Waals surface area contributed by atoms with Gasteiger partial charge in [-0.25, -0.2) is 9.89 Å². The molecular weight excluding hydrogens is 312 g/mol. The van der Waals surface area contributed by atoms with E-state index in [1.165, 1.54) is 11.8 Å². The SMILES string of the molecule is CCCn1c(S[C@@H](C)C(=O)N(CC)c2ccccc2)n[nH]c1=O. The molecule has 1 aromatic carbocycles. The van der Waals surface area contributed by atoms with Gasteiger partial charge in [0.2, 0.25) is 5.91 Å². The average molecular weight is 334 g/mol. The van der Waals surface area contributed by atoms with Crippen LogP contribution >= 0.6 is 11.8 Å². The number of nitrogens with one attached hydrogen (secondary N) is 1. The summed E-state index contributed by atoms with van der Waals surface area (Å²) in [6.45, 7) is 6.97. The van der Waals surface area contributed by atoms with E-state index in [0.29, 0.717) is 18.2 Å². The van der Waals surface area contributed by atoms with Gasteiger partial charge in [-0.1, -0.05) is 36.9 Å². The number of carbonyl (C=O) groups is 1. The van der Waals surface area contributed by atoms with Crippen molar-refractivity contribution in [1.29, 1.82) is 0 Å². The van der Waals surface area contributed by atoms with Gasteiger partial charge in [0.25, 0.3) is 0 Å². The van der Waals surface area contributed by atoms with Crippen LogP contribution in [0, 0.1) is 0 Å². The first-order valence-electron chi connectivity index (χ1n) is 7.76. The number of thioether (sulfide) groups is 1. The number of benzene rings is 1. The molecular formula is C16H22N4O2S. The van der Waals surface area contributed by atoms with Crippen molar-refractivity contribution >= 4 is 23.4 Å². The van der Waals surface area contributed by atoms with E-state index in [1.54, 1.807) is 9.47 Å². The minimum absolute atomic E-state index is 0.00203. The summed E-state index contributed by atoms with van der Waals surface area (Å²) >= 11 is 1.31. The summed E-state index contributed by atoms with van der Waals surface area (Å²) in [7, 11) is 0. The molecule has 1 amide bonds. The van der Waals surface area contributed by atoms with Crippen LogP contribution in [0.25, 0.3) is 0 Å². The third-order valence-corrected chi connectivity index (χ3v) is 4.53. The molecule has 2 rings (SSSR count). The van der Waals surface area contributed by atoms with Crippen LogP contribution in [-0.2, 0) is 11.3 Å². The van der Waals surface area contributed by atoms with Crippen LogP contribution in [0.4, 0.5) is 5.69 Å². The molecule has 0 aliphatic carbocycles. The quantitative estimate of drug-likeness (QED) is 0.790. The molecule has 1 aromatic heterocycles. The predicted octanol–water partition coefficient (Wildman–Crippen LogP) is 2.52. The first-order valence-corrected chi connectivity index (χ1v) is 8.64. The minimum atomic E-state index is -0.332. The number of aromatic amines is 1. The molecule has 1 heterocycles. The summed E-state index contributed by atoms with van der Waals surface area (Å²) in [6.07, 6.45) is 0.834. The predicted molar refractivity (Wildman–Crippen MR) is 92.9 cm³/mol. The van der Waals surface area contributed by atoms with E-state index in [0.717, 1.165) is 12.1 Å². The van der Waals surface area contributed by atoms with Crippen molar-refractivity contribution in [2.24, 2.45) is 0 Å². The van der Waals surface area contributed by atoms with E-state index in [2.05, 4.69) is 10.2 Å². The van der Waals surface area contributed by atoms with E-state index >= 15 is 0 Å². The van der Waals surface area contributed by atoms with Crippen molar-refractivity contribution in [2.45, 2.75) is 44.1 Å². The third-order valence-electron chi connectivity index (χ3n) is 3.45. The van der Waals surface area contributed by atoms with Gasteiger partial charge in [0.15, 0.2) is 5.16 Å². The average Bonchev–Trinajstić information content (AvgIpc) is 2.90. The number of carbonyl (C=O) groups excluding carboxylic acids is 1. The summed E-state index contributed by atoms with van der Waals surface area (Å²) in [5.41, 5.74) is 0.643. The van der Waals surface area contributed by atoms with E-state index in [-0.39, 0.29) is 16.8 Å². The minimum Gasteiger partial charge on any atom is -0.312 e. The van der Waals surface area contributed by atoms with Crippen LogP contribution in [0.15, 0.2) is 40.3 Å². The van der Waals surface area contributed by atoms with Gasteiger partial charge in [0, 0.05) is 18.8 Å². The number of para-hydroxylation sites is 1. The molecule has 0 aliphatic rings. The molecule has 0 radical (unpaired) electrons. The van der Waals surface area contributed by atoms with Gasteiger partial charge < -0.3 is 4.90 Å². The van der Waals surface area contributed by atoms with Gasteiger partial charge in [-0.05, 0) is 32.4 Å². The van der Waals surface area contributed by atoms with Crippen molar-refractivity contribution in [1.82, 2.24) is 14.8 Å². The molecule has 0 bridgehead atoms. The van der Waals surface area contributed by atoms with Crippen LogP contribution < -0.4 is 10.6 Å². The second kappa shape index (κ2) is 8.01. The maximum atomic E-state index is 12.7. The summed E-state index contributed by atoms with van der Waals surface area (Å²) in [5.74, 6) is 0.00203. The van der Waals surface area contributed by atoms with Gasteiger partial charge in [-0.15, -0.1) is 5.10 Å². The van der Waals surface area contributed by atoms with Gasteiger partial charge >= 0.3 is 5.69 Å². The maximum absolute atomic E-state index is 12.7. The van der Waals surface area contributed by atoms with Crippen molar-refractivity contribution in [2.75, 3.05) is 11.4 Å². The Bertz CT molecular complexity index is 696. The fourth-order valence-electron chi connectivity index (χ4n) is 2.32. The number of nitrogens with zero attached hydrogens (tertiary/aromatic N) is 3. The Hall–Kier alpha value is -2.02. The number of H-pyrrole nitrogens is 1. The Kier molecular flexibility index (Phi) is 6.04. The lowest BCUT2D eigenvalue weighted by molar-refractivity contribution is -0.117. The highest BCUT2D eigenvalue weighted by Gasteiger charge is 2.24. The highest BCUT2D eigenvalue weighted by atomic mass is 32.2. The molecule has 0 saturated heterocycles. The Morgan fingerprint density at radius 1 is 1.35 bits per heavy atom. The van der Waals surface area contributed by atoms with Crippen molar-refractivity contribution in [3.8, 4) is 0 Å². The van der Waals surface area contributed by atoms with Crippen LogP contribution in [0.5, 0.6) is 0 Å². The standard InChI is InChI=1S/C16H22N4O2S/c1-4-11-20-15(22)17-18-16(20)23-12(3)14(21)19(5-2)13-9-7-6-8-10-13/h6-10,12H,4-5,11H2,1-3H3,(H,17,22)/t12-/m0/s1. The van der Waals surface area contributed by atoms with Crippen LogP contribution in [-0.4, -0.2) is 32.5 Å². The summed E-state index contributed by atoms with van der Waals surface area (Å²) < 4.78 is 1.58. The normalized spacial score (nSPS) is 12.1. The van der Waals surface area contributed by atoms with Crippen molar-refractivity contribution in [3.63, 3.8) is 0 Å². The van der Waals surface area contributed by atoms with E-state index in [1.807, 2.05) is 51.1 Å². The molecule has 7 heteroatoms. The van der Waals surface area contributed by atoms with Crippen LogP contribution in [0.1, 0.15) is 27.2 Å². The van der Waals surface area contributed by atoms with E-state index < -0.39 is 0 Å². The van der Waals surface area contributed by atoms with Crippen molar-refractivity contribution < 1.29 is 4.79 Å². The van der Waals surface area contributed by atoms with E-state index in [9.17, 15) is 9.59 Å². The molecule has 23 heavy (non-hydrogen) atoms. The zero-order valence-electron chi connectivity index (χ0n) is 13.7. The zero-order valence-corrected chi connectivity index (χ0v) is 14.5. The molecule has 1 N–H and O–H groups in total. The largest absolute Gasteiger partial charge is 0.343 e. The van der Waals surface area contributed by atoms with Gasteiger partial charge in [-0.3, -0.25) is 9.36 Å². The van der Waals surface area contributed by atoms with Crippen LogP contribution in [0.2, 0.25) is 0 Å². The molecule has 0 saturated carbocycles. The number of hydrogen-bond donors (Lipinski definition) is 1. The molecule has 0 fully saturated rings. The topological polar surface area (TPSA) is 71.0 Å². The molecule has 6 nitrogen and oxygen atoms in total. The fourth-order valence-corrected chi connectivity index (χ4v) is 3.26. The zero-order chi connectivity index (χ0) is 16.8. The fraction of sp³-hybridized carbons (Fsp3) is 0.438. The van der Waals surface area contributed by atoms with Gasteiger partial charge in [0.05, 0.1) is 5.25 Å². The molecule has 124 valence electrons. The first kappa shape index (κ1) is 17.3. The lowest BCUT2D eigenvalue weighted by Gasteiger charge is -2.24. The van der Waals surface area contributed by atoms with Gasteiger partial charge in [-0.2, -0.15) is 0 Å². The first-order chi connectivity index (χ1) is 11.1. The monoisotopic (exact) mass is 334 g/mol. The highest BCUT2D eigenvalue weighted by molar-refractivity contribution is 8.00.